The van der Waals surface area contributed by atoms with Gasteiger partial charge in [-0.1, -0.05) is 82.6 Å². The van der Waals surface area contributed by atoms with E-state index in [-0.39, 0.29) is 31.3 Å². The van der Waals surface area contributed by atoms with E-state index in [0.29, 0.717) is 12.8 Å². The molecule has 0 radical (unpaired) electrons. The molecule has 224 valence electrons. The highest BCUT2D eigenvalue weighted by Gasteiger charge is 2.46. The Hall–Kier alpha value is -4.34. The standard InChI is InChI=1S/C32H40N4O6/c1-5-20(4)27(35-31(41)42-18-21-11-7-6-8-12-21)28(37)36-32(30(40)34-26(19(2)3)29(38)39)16-15-25-23(17-32)22-13-9-10-14-24(22)33-25/h6-14,19-20,26-27,33H,5,15-18H2,1-4H3,(H,34,40)(H,35,41)(H,36,37)(H,38,39)/t20-,26-,27-,32+/m0/s1. The summed E-state index contributed by atoms with van der Waals surface area (Å²) in [7, 11) is 0. The van der Waals surface area contributed by atoms with Gasteiger partial charge in [0.05, 0.1) is 0 Å². The fourth-order valence-corrected chi connectivity index (χ4v) is 5.46. The van der Waals surface area contributed by atoms with Gasteiger partial charge in [-0.3, -0.25) is 9.59 Å². The second-order valence-electron chi connectivity index (χ2n) is 11.5. The highest BCUT2D eigenvalue weighted by Crippen LogP contribution is 2.35. The number of benzene rings is 2. The van der Waals surface area contributed by atoms with E-state index in [1.165, 1.54) is 0 Å². The van der Waals surface area contributed by atoms with Crippen LogP contribution in [0.15, 0.2) is 54.6 Å². The summed E-state index contributed by atoms with van der Waals surface area (Å²) in [5.74, 6) is -2.90. The highest BCUT2D eigenvalue weighted by molar-refractivity contribution is 5.97. The van der Waals surface area contributed by atoms with Crippen LogP contribution >= 0.6 is 0 Å². The van der Waals surface area contributed by atoms with Crippen LogP contribution in [0.5, 0.6) is 0 Å². The van der Waals surface area contributed by atoms with Crippen molar-refractivity contribution in [2.24, 2.45) is 11.8 Å². The summed E-state index contributed by atoms with van der Waals surface area (Å²) in [6, 6.07) is 14.8. The maximum atomic E-state index is 14.0. The van der Waals surface area contributed by atoms with Crippen molar-refractivity contribution in [3.63, 3.8) is 0 Å². The summed E-state index contributed by atoms with van der Waals surface area (Å²) < 4.78 is 5.38. The minimum absolute atomic E-state index is 0.0446. The van der Waals surface area contributed by atoms with Crippen LogP contribution in [-0.2, 0) is 38.6 Å². The third-order valence-corrected chi connectivity index (χ3v) is 8.18. The van der Waals surface area contributed by atoms with Crippen LogP contribution in [0.1, 0.15) is 57.4 Å². The van der Waals surface area contributed by atoms with Crippen LogP contribution in [0.2, 0.25) is 0 Å². The van der Waals surface area contributed by atoms with Crippen molar-refractivity contribution in [2.45, 2.75) is 77.6 Å². The number of fused-ring (bicyclic) bond motifs is 3. The van der Waals surface area contributed by atoms with Crippen molar-refractivity contribution in [3.05, 3.63) is 71.4 Å². The number of H-pyrrole nitrogens is 1. The first-order valence-electron chi connectivity index (χ1n) is 14.5. The summed E-state index contributed by atoms with van der Waals surface area (Å²) in [5, 5.41) is 19.1. The van der Waals surface area contributed by atoms with E-state index < -0.39 is 41.5 Å². The van der Waals surface area contributed by atoms with Crippen LogP contribution in [0.4, 0.5) is 4.79 Å². The molecule has 1 aromatic heterocycles. The fourth-order valence-electron chi connectivity index (χ4n) is 5.46. The second kappa shape index (κ2) is 13.1. The van der Waals surface area contributed by atoms with Crippen molar-refractivity contribution in [1.82, 2.24) is 20.9 Å². The van der Waals surface area contributed by atoms with Gasteiger partial charge in [0.1, 0.15) is 24.2 Å². The summed E-state index contributed by atoms with van der Waals surface area (Å²) >= 11 is 0. The normalized spacial score (nSPS) is 18.4. The van der Waals surface area contributed by atoms with Gasteiger partial charge in [0.2, 0.25) is 11.8 Å². The lowest BCUT2D eigenvalue weighted by Gasteiger charge is -2.39. The molecule has 4 rings (SSSR count). The molecule has 4 atom stereocenters. The maximum absolute atomic E-state index is 14.0. The number of aryl methyl sites for hydroxylation is 1. The van der Waals surface area contributed by atoms with E-state index >= 15 is 0 Å². The largest absolute Gasteiger partial charge is 0.480 e. The van der Waals surface area contributed by atoms with Gasteiger partial charge in [-0.05, 0) is 41.9 Å². The molecule has 0 saturated heterocycles. The lowest BCUT2D eigenvalue weighted by Crippen LogP contribution is -2.66. The zero-order valence-electron chi connectivity index (χ0n) is 24.5. The average molecular weight is 577 g/mol. The molecule has 10 nitrogen and oxygen atoms in total. The smallest absolute Gasteiger partial charge is 0.408 e. The predicted molar refractivity (Wildman–Crippen MR) is 159 cm³/mol. The number of nitrogens with one attached hydrogen (secondary N) is 4. The molecule has 0 bridgehead atoms. The number of carbonyl (C=O) groups is 4. The SMILES string of the molecule is CC[C@H](C)[C@H](NC(=O)OCc1ccccc1)C(=O)N[C@]1(C(=O)N[C@H](C(=O)O)C(C)C)CCc2[nH]c3ccccc3c2C1. The molecule has 3 amide bonds. The number of hydrogen-bond donors (Lipinski definition) is 5. The zero-order valence-corrected chi connectivity index (χ0v) is 24.5. The molecule has 1 heterocycles. The third kappa shape index (κ3) is 6.75. The summed E-state index contributed by atoms with van der Waals surface area (Å²) in [4.78, 5) is 56.0. The van der Waals surface area contributed by atoms with Crippen molar-refractivity contribution in [1.29, 1.82) is 0 Å². The van der Waals surface area contributed by atoms with Crippen molar-refractivity contribution in [3.8, 4) is 0 Å². The Bertz CT molecular complexity index is 1440. The highest BCUT2D eigenvalue weighted by atomic mass is 16.5. The predicted octanol–water partition coefficient (Wildman–Crippen LogP) is 4.08. The van der Waals surface area contributed by atoms with Crippen LogP contribution in [-0.4, -0.2) is 51.6 Å². The van der Waals surface area contributed by atoms with Crippen molar-refractivity contribution >= 4 is 34.8 Å². The van der Waals surface area contributed by atoms with E-state index in [9.17, 15) is 24.3 Å². The van der Waals surface area contributed by atoms with Gasteiger partial charge in [0, 0.05) is 23.0 Å². The number of amides is 3. The fraction of sp³-hybridized carbons (Fsp3) is 0.438. The Morgan fingerprint density at radius 1 is 0.976 bits per heavy atom. The average Bonchev–Trinajstić information content (AvgIpc) is 3.34. The Morgan fingerprint density at radius 3 is 2.33 bits per heavy atom. The molecule has 10 heteroatoms. The number of rotatable bonds is 11. The van der Waals surface area contributed by atoms with Gasteiger partial charge in [-0.15, -0.1) is 0 Å². The number of carboxylic acids is 1. The molecule has 0 unspecified atom stereocenters. The first-order valence-corrected chi connectivity index (χ1v) is 14.5. The molecular formula is C32H40N4O6. The zero-order chi connectivity index (χ0) is 30.4. The van der Waals surface area contributed by atoms with E-state index in [4.69, 9.17) is 4.74 Å². The number of carbonyl (C=O) groups excluding carboxylic acids is 3. The van der Waals surface area contributed by atoms with E-state index in [2.05, 4.69) is 20.9 Å². The summed E-state index contributed by atoms with van der Waals surface area (Å²) in [6.07, 6.45) is 0.723. The number of ether oxygens (including phenoxy) is 1. The number of carboxylic acid groups (broad SMARTS) is 1. The van der Waals surface area contributed by atoms with Gasteiger partial charge in [-0.2, -0.15) is 0 Å². The molecule has 42 heavy (non-hydrogen) atoms. The molecule has 3 aromatic rings. The maximum Gasteiger partial charge on any atom is 0.408 e. The van der Waals surface area contributed by atoms with E-state index in [0.717, 1.165) is 27.7 Å². The van der Waals surface area contributed by atoms with Gasteiger partial charge >= 0.3 is 12.1 Å². The molecule has 0 fully saturated rings. The topological polar surface area (TPSA) is 150 Å². The van der Waals surface area contributed by atoms with Crippen molar-refractivity contribution < 1.29 is 29.0 Å². The van der Waals surface area contributed by atoms with Gasteiger partial charge in [0.15, 0.2) is 0 Å². The molecule has 0 spiro atoms. The van der Waals surface area contributed by atoms with E-state index in [1.54, 1.807) is 13.8 Å². The molecule has 1 aliphatic carbocycles. The third-order valence-electron chi connectivity index (χ3n) is 8.18. The minimum Gasteiger partial charge on any atom is -0.480 e. The Kier molecular flexibility index (Phi) is 9.55. The molecule has 5 N–H and O–H groups in total. The lowest BCUT2D eigenvalue weighted by molar-refractivity contribution is -0.145. The molecule has 0 aliphatic heterocycles. The number of para-hydroxylation sites is 1. The number of hydrogen-bond acceptors (Lipinski definition) is 5. The van der Waals surface area contributed by atoms with Crippen LogP contribution in [0.25, 0.3) is 10.9 Å². The lowest BCUT2D eigenvalue weighted by atomic mass is 9.78. The van der Waals surface area contributed by atoms with Gasteiger partial charge < -0.3 is 30.8 Å². The number of aliphatic carboxylic acids is 1. The van der Waals surface area contributed by atoms with Crippen molar-refractivity contribution in [2.75, 3.05) is 0 Å². The Balaban J connectivity index is 1.61. The summed E-state index contributed by atoms with van der Waals surface area (Å²) in [6.45, 7) is 7.22. The van der Waals surface area contributed by atoms with Crippen LogP contribution < -0.4 is 16.0 Å². The first kappa shape index (κ1) is 30.6. The van der Waals surface area contributed by atoms with Gasteiger partial charge in [0.25, 0.3) is 0 Å². The van der Waals surface area contributed by atoms with Crippen LogP contribution in [0, 0.1) is 11.8 Å². The monoisotopic (exact) mass is 576 g/mol. The second-order valence-corrected chi connectivity index (χ2v) is 11.5. The Morgan fingerprint density at radius 2 is 1.67 bits per heavy atom. The number of aromatic amines is 1. The Labute approximate surface area is 245 Å². The first-order chi connectivity index (χ1) is 20.0. The quantitative estimate of drug-likeness (QED) is 0.232. The number of aromatic nitrogens is 1. The van der Waals surface area contributed by atoms with Gasteiger partial charge in [-0.25, -0.2) is 9.59 Å². The molecule has 0 saturated carbocycles. The molecule has 1 aliphatic rings. The summed E-state index contributed by atoms with van der Waals surface area (Å²) in [5.41, 5.74) is 2.19. The molecule has 2 aromatic carbocycles. The number of alkyl carbamates (subject to hydrolysis) is 1. The minimum atomic E-state index is -1.43. The molecular weight excluding hydrogens is 536 g/mol. The van der Waals surface area contributed by atoms with Crippen LogP contribution in [0.3, 0.4) is 0 Å². The van der Waals surface area contributed by atoms with E-state index in [1.807, 2.05) is 68.4 Å².